The molecule has 4 heteroatoms. The minimum Gasteiger partial charge on any atom is -0.494 e. The van der Waals surface area contributed by atoms with Gasteiger partial charge in [-0.3, -0.25) is 0 Å². The van der Waals surface area contributed by atoms with Crippen molar-refractivity contribution in [3.63, 3.8) is 0 Å². The predicted molar refractivity (Wildman–Crippen MR) is 70.0 cm³/mol. The van der Waals surface area contributed by atoms with Crippen LogP contribution >= 0.6 is 0 Å². The minimum atomic E-state index is -1.09. The second-order valence-electron chi connectivity index (χ2n) is 3.96. The number of aromatic carboxylic acids is 1. The highest BCUT2D eigenvalue weighted by Crippen LogP contribution is 2.28. The van der Waals surface area contributed by atoms with E-state index in [0.29, 0.717) is 23.5 Å². The summed E-state index contributed by atoms with van der Waals surface area (Å²) in [5, 5.41) is 9.14. The van der Waals surface area contributed by atoms with Gasteiger partial charge in [-0.15, -0.1) is 0 Å². The van der Waals surface area contributed by atoms with Crippen LogP contribution in [0.4, 0.5) is 4.39 Å². The molecule has 2 aromatic carbocycles. The normalized spacial score (nSPS) is 10.2. The van der Waals surface area contributed by atoms with Crippen molar-refractivity contribution >= 4 is 5.97 Å². The van der Waals surface area contributed by atoms with E-state index in [1.807, 2.05) is 6.92 Å². The summed E-state index contributed by atoms with van der Waals surface area (Å²) in [5.41, 5.74) is 1.02. The smallest absolute Gasteiger partial charge is 0.336 e. The van der Waals surface area contributed by atoms with Gasteiger partial charge in [0.1, 0.15) is 11.6 Å². The summed E-state index contributed by atoms with van der Waals surface area (Å²) in [5.74, 6) is -0.931. The highest BCUT2D eigenvalue weighted by molar-refractivity contribution is 5.96. The van der Waals surface area contributed by atoms with Crippen molar-refractivity contribution in [1.82, 2.24) is 0 Å². The third kappa shape index (κ3) is 2.91. The van der Waals surface area contributed by atoms with Crippen LogP contribution in [0.1, 0.15) is 17.3 Å². The molecule has 19 heavy (non-hydrogen) atoms. The zero-order chi connectivity index (χ0) is 13.8. The molecule has 0 amide bonds. The van der Waals surface area contributed by atoms with Crippen molar-refractivity contribution in [3.8, 4) is 16.9 Å². The molecule has 98 valence electrons. The number of rotatable bonds is 4. The van der Waals surface area contributed by atoms with E-state index in [2.05, 4.69) is 0 Å². The summed E-state index contributed by atoms with van der Waals surface area (Å²) in [6, 6.07) is 10.6. The lowest BCUT2D eigenvalue weighted by Gasteiger charge is -2.09. The van der Waals surface area contributed by atoms with Crippen LogP contribution in [-0.2, 0) is 0 Å². The summed E-state index contributed by atoms with van der Waals surface area (Å²) in [7, 11) is 0. The summed E-state index contributed by atoms with van der Waals surface area (Å²) in [4.78, 5) is 11.2. The molecule has 0 atom stereocenters. The summed E-state index contributed by atoms with van der Waals surface area (Å²) < 4.78 is 18.7. The number of halogens is 1. The number of hydrogen-bond donors (Lipinski definition) is 1. The van der Waals surface area contributed by atoms with Gasteiger partial charge in [0.15, 0.2) is 0 Å². The molecule has 0 aliphatic carbocycles. The first-order valence-electron chi connectivity index (χ1n) is 5.88. The molecular formula is C15H13FO3. The molecule has 0 aliphatic heterocycles. The van der Waals surface area contributed by atoms with Crippen LogP contribution in [0.3, 0.4) is 0 Å². The van der Waals surface area contributed by atoms with Gasteiger partial charge in [-0.1, -0.05) is 12.1 Å². The van der Waals surface area contributed by atoms with Crippen LogP contribution in [0.25, 0.3) is 11.1 Å². The number of benzene rings is 2. The number of hydrogen-bond acceptors (Lipinski definition) is 2. The topological polar surface area (TPSA) is 46.5 Å². The predicted octanol–water partition coefficient (Wildman–Crippen LogP) is 3.59. The average molecular weight is 260 g/mol. The molecule has 0 radical (unpaired) electrons. The summed E-state index contributed by atoms with van der Waals surface area (Å²) in [6.07, 6.45) is 0. The van der Waals surface area contributed by atoms with Crippen molar-refractivity contribution in [3.05, 3.63) is 53.8 Å². The van der Waals surface area contributed by atoms with Gasteiger partial charge in [0.2, 0.25) is 0 Å². The van der Waals surface area contributed by atoms with Gasteiger partial charge in [-0.05, 0) is 48.4 Å². The monoisotopic (exact) mass is 260 g/mol. The molecule has 2 aromatic rings. The van der Waals surface area contributed by atoms with Gasteiger partial charge in [0.05, 0.1) is 12.2 Å². The van der Waals surface area contributed by atoms with Gasteiger partial charge in [0.25, 0.3) is 0 Å². The average Bonchev–Trinajstić information content (AvgIpc) is 2.39. The Morgan fingerprint density at radius 1 is 1.26 bits per heavy atom. The zero-order valence-electron chi connectivity index (χ0n) is 10.4. The standard InChI is InChI=1S/C15H13FO3/c1-2-19-12-5-3-4-10(8-12)14-9-11(16)6-7-13(14)15(17)18/h3-9H,2H2,1H3,(H,17,18). The third-order valence-electron chi connectivity index (χ3n) is 2.67. The van der Waals surface area contributed by atoms with Gasteiger partial charge >= 0.3 is 5.97 Å². The molecule has 2 rings (SSSR count). The fourth-order valence-electron chi connectivity index (χ4n) is 1.86. The van der Waals surface area contributed by atoms with Crippen molar-refractivity contribution < 1.29 is 19.0 Å². The van der Waals surface area contributed by atoms with E-state index < -0.39 is 11.8 Å². The first-order valence-corrected chi connectivity index (χ1v) is 5.88. The maximum atomic E-state index is 13.3. The molecule has 0 unspecified atom stereocenters. The number of carbonyl (C=O) groups is 1. The number of ether oxygens (including phenoxy) is 1. The minimum absolute atomic E-state index is 0.0649. The second kappa shape index (κ2) is 5.52. The largest absolute Gasteiger partial charge is 0.494 e. The summed E-state index contributed by atoms with van der Waals surface area (Å²) in [6.45, 7) is 2.37. The number of carboxylic acids is 1. The van der Waals surface area contributed by atoms with Gasteiger partial charge in [-0.25, -0.2) is 9.18 Å². The first kappa shape index (κ1) is 13.1. The molecular weight excluding hydrogens is 247 g/mol. The Morgan fingerprint density at radius 2 is 2.05 bits per heavy atom. The van der Waals surface area contributed by atoms with Crippen molar-refractivity contribution in [1.29, 1.82) is 0 Å². The molecule has 0 saturated heterocycles. The molecule has 3 nitrogen and oxygen atoms in total. The van der Waals surface area contributed by atoms with Crippen LogP contribution in [0.2, 0.25) is 0 Å². The Balaban J connectivity index is 2.54. The molecule has 0 spiro atoms. The quantitative estimate of drug-likeness (QED) is 0.913. The lowest BCUT2D eigenvalue weighted by Crippen LogP contribution is -2.00. The Labute approximate surface area is 110 Å². The Bertz CT molecular complexity index is 608. The van der Waals surface area contributed by atoms with E-state index in [4.69, 9.17) is 9.84 Å². The molecule has 0 aliphatic rings. The van der Waals surface area contributed by atoms with E-state index in [9.17, 15) is 9.18 Å². The SMILES string of the molecule is CCOc1cccc(-c2cc(F)ccc2C(=O)O)c1. The molecule has 0 aromatic heterocycles. The number of carboxylic acid groups (broad SMARTS) is 1. The zero-order valence-corrected chi connectivity index (χ0v) is 10.4. The lowest BCUT2D eigenvalue weighted by atomic mass is 9.99. The van der Waals surface area contributed by atoms with Crippen molar-refractivity contribution in [2.75, 3.05) is 6.61 Å². The first-order chi connectivity index (χ1) is 9.11. The molecule has 0 heterocycles. The van der Waals surface area contributed by atoms with Crippen molar-refractivity contribution in [2.24, 2.45) is 0 Å². The second-order valence-corrected chi connectivity index (χ2v) is 3.96. The molecule has 0 fully saturated rings. The summed E-state index contributed by atoms with van der Waals surface area (Å²) >= 11 is 0. The third-order valence-corrected chi connectivity index (χ3v) is 2.67. The van der Waals surface area contributed by atoms with Gasteiger partial charge in [-0.2, -0.15) is 0 Å². The maximum Gasteiger partial charge on any atom is 0.336 e. The fraction of sp³-hybridized carbons (Fsp3) is 0.133. The Hall–Kier alpha value is -2.36. The molecule has 0 bridgehead atoms. The van der Waals surface area contributed by atoms with E-state index in [1.54, 1.807) is 24.3 Å². The van der Waals surface area contributed by atoms with Gasteiger partial charge in [0, 0.05) is 0 Å². The maximum absolute atomic E-state index is 13.3. The van der Waals surface area contributed by atoms with Crippen LogP contribution in [0.15, 0.2) is 42.5 Å². The van der Waals surface area contributed by atoms with E-state index in [0.717, 1.165) is 6.07 Å². The van der Waals surface area contributed by atoms with Crippen LogP contribution in [-0.4, -0.2) is 17.7 Å². The van der Waals surface area contributed by atoms with Crippen molar-refractivity contribution in [2.45, 2.75) is 6.92 Å². The van der Waals surface area contributed by atoms with Crippen LogP contribution in [0, 0.1) is 5.82 Å². The van der Waals surface area contributed by atoms with Crippen LogP contribution < -0.4 is 4.74 Å². The van der Waals surface area contributed by atoms with Crippen LogP contribution in [0.5, 0.6) is 5.75 Å². The highest BCUT2D eigenvalue weighted by atomic mass is 19.1. The fourth-order valence-corrected chi connectivity index (χ4v) is 1.86. The highest BCUT2D eigenvalue weighted by Gasteiger charge is 2.13. The Morgan fingerprint density at radius 3 is 2.74 bits per heavy atom. The van der Waals surface area contributed by atoms with E-state index in [-0.39, 0.29) is 5.56 Å². The Kier molecular flexibility index (Phi) is 3.80. The van der Waals surface area contributed by atoms with E-state index >= 15 is 0 Å². The molecule has 0 saturated carbocycles. The van der Waals surface area contributed by atoms with Gasteiger partial charge < -0.3 is 9.84 Å². The van der Waals surface area contributed by atoms with E-state index in [1.165, 1.54) is 12.1 Å². The molecule has 1 N–H and O–H groups in total. The lowest BCUT2D eigenvalue weighted by molar-refractivity contribution is 0.0697.